The van der Waals surface area contributed by atoms with Crippen molar-refractivity contribution in [3.8, 4) is 0 Å². The Morgan fingerprint density at radius 3 is 1.94 bits per heavy atom. The van der Waals surface area contributed by atoms with Crippen molar-refractivity contribution >= 4 is 86.6 Å². The molecular weight excluding hydrogens is 977 g/mol. The molecule has 71 heavy (non-hydrogen) atoms. The summed E-state index contributed by atoms with van der Waals surface area (Å²) < 4.78 is 41.5. The number of halogens is 4. The molecule has 4 heterocycles. The molecule has 4 aliphatic heterocycles. The first-order chi connectivity index (χ1) is 33.2. The monoisotopic (exact) mass is 1030 g/mol. The number of fused-ring (bicyclic) bond motifs is 3. The molecule has 374 valence electrons. The van der Waals surface area contributed by atoms with E-state index in [-0.39, 0.29) is 67.0 Å². The molecule has 3 aromatic rings. The van der Waals surface area contributed by atoms with Gasteiger partial charge in [-0.1, -0.05) is 114 Å². The number of carbonyl (C=O) groups excluding carboxylic acids is 2. The number of thioether (sulfide) groups is 1. The van der Waals surface area contributed by atoms with Crippen LogP contribution in [0.3, 0.4) is 0 Å². The quantitative estimate of drug-likeness (QED) is 0.0667. The van der Waals surface area contributed by atoms with E-state index in [1.54, 1.807) is 49.1 Å². The summed E-state index contributed by atoms with van der Waals surface area (Å²) in [6.45, 7) is 11.8. The molecule has 0 spiro atoms. The van der Waals surface area contributed by atoms with Crippen LogP contribution in [0.15, 0.2) is 118 Å². The lowest BCUT2D eigenvalue weighted by atomic mass is 9.79. The Balaban J connectivity index is 1.08. The number of thiocarbonyl (C=S) groups is 1. The van der Waals surface area contributed by atoms with Crippen molar-refractivity contribution in [3.63, 3.8) is 0 Å². The van der Waals surface area contributed by atoms with Gasteiger partial charge in [0.05, 0.1) is 42.3 Å². The number of rotatable bonds is 17. The van der Waals surface area contributed by atoms with E-state index in [9.17, 15) is 52.5 Å². The molecule has 0 radical (unpaired) electrons. The number of allylic oxidation sites excluding steroid dienone is 8. The highest BCUT2D eigenvalue weighted by molar-refractivity contribution is 8.26. The SMILES string of the molecule is CC1(C)/C(=C/C=C2/SC(=S)N(CC(=O)Cc3ccc4c(c3)C(C)(C)C(/C=C/C(Cl)=C/C=C3/N(CCC(=O)O)c5ccc(C(F)(F)F)cc5C3(C)C)N4CCC(=O)O)C2=O)N(CCC(=O)O)c2ccccc21. The highest BCUT2D eigenvalue weighted by atomic mass is 35.5. The normalized spacial score (nSPS) is 20.7. The summed E-state index contributed by atoms with van der Waals surface area (Å²) >= 11 is 13.5. The lowest BCUT2D eigenvalue weighted by Gasteiger charge is -2.32. The Bertz CT molecular complexity index is 2890. The van der Waals surface area contributed by atoms with Crippen LogP contribution in [-0.2, 0) is 52.8 Å². The summed E-state index contributed by atoms with van der Waals surface area (Å²) in [5.41, 5.74) is 3.60. The van der Waals surface area contributed by atoms with Crippen LogP contribution < -0.4 is 14.7 Å². The number of carboxylic acid groups (broad SMARTS) is 3. The van der Waals surface area contributed by atoms with Crippen molar-refractivity contribution in [1.82, 2.24) is 4.90 Å². The number of nitrogens with zero attached hydrogens (tertiary/aromatic N) is 4. The molecular formula is C53H54ClF3N4O8S2. The Morgan fingerprint density at radius 2 is 1.31 bits per heavy atom. The van der Waals surface area contributed by atoms with Gasteiger partial charge in [0.25, 0.3) is 5.91 Å². The minimum absolute atomic E-state index is 0.0125. The molecule has 1 fully saturated rings. The van der Waals surface area contributed by atoms with E-state index in [0.29, 0.717) is 27.4 Å². The van der Waals surface area contributed by atoms with Gasteiger partial charge in [0, 0.05) is 75.8 Å². The number of carbonyl (C=O) groups is 5. The third-order valence-corrected chi connectivity index (χ3v) is 15.3. The largest absolute Gasteiger partial charge is 0.481 e. The van der Waals surface area contributed by atoms with Gasteiger partial charge in [0.1, 0.15) is 4.32 Å². The molecule has 0 aromatic heterocycles. The molecule has 0 bridgehead atoms. The number of hydrogen-bond acceptors (Lipinski definition) is 10. The fourth-order valence-corrected chi connectivity index (χ4v) is 11.4. The number of carboxylic acids is 3. The number of hydrogen-bond donors (Lipinski definition) is 3. The number of anilines is 3. The highest BCUT2D eigenvalue weighted by Crippen LogP contribution is 2.51. The molecule has 0 saturated carbocycles. The van der Waals surface area contributed by atoms with Crippen molar-refractivity contribution in [3.05, 3.63) is 146 Å². The lowest BCUT2D eigenvalue weighted by Crippen LogP contribution is -2.41. The van der Waals surface area contributed by atoms with Gasteiger partial charge in [-0.15, -0.1) is 0 Å². The van der Waals surface area contributed by atoms with Gasteiger partial charge in [-0.2, -0.15) is 13.2 Å². The summed E-state index contributed by atoms with van der Waals surface area (Å²) in [6, 6.07) is 16.4. The van der Waals surface area contributed by atoms with E-state index in [0.717, 1.165) is 52.1 Å². The van der Waals surface area contributed by atoms with E-state index in [1.165, 1.54) is 11.0 Å². The molecule has 3 aromatic carbocycles. The summed E-state index contributed by atoms with van der Waals surface area (Å²) in [7, 11) is 0. The number of benzene rings is 3. The molecule has 1 amide bonds. The second-order valence-electron chi connectivity index (χ2n) is 19.5. The van der Waals surface area contributed by atoms with Gasteiger partial charge in [-0.3, -0.25) is 28.9 Å². The van der Waals surface area contributed by atoms with Gasteiger partial charge in [-0.25, -0.2) is 0 Å². The zero-order valence-corrected chi connectivity index (χ0v) is 42.4. The minimum atomic E-state index is -4.57. The lowest BCUT2D eigenvalue weighted by molar-refractivity contribution is -0.138. The van der Waals surface area contributed by atoms with E-state index in [1.807, 2.05) is 86.0 Å². The van der Waals surface area contributed by atoms with E-state index < -0.39 is 57.8 Å². The number of Topliss-reactive ketones (excluding diaryl/α,β-unsaturated/α-hetero) is 1. The average molecular weight is 1030 g/mol. The van der Waals surface area contributed by atoms with Gasteiger partial charge in [0.15, 0.2) is 5.78 Å². The first-order valence-electron chi connectivity index (χ1n) is 22.9. The first-order valence-corrected chi connectivity index (χ1v) is 24.5. The third kappa shape index (κ3) is 10.7. The van der Waals surface area contributed by atoms with Crippen molar-refractivity contribution in [2.24, 2.45) is 0 Å². The number of ketones is 1. The predicted molar refractivity (Wildman–Crippen MR) is 274 cm³/mol. The second kappa shape index (κ2) is 20.1. The van der Waals surface area contributed by atoms with Gasteiger partial charge >= 0.3 is 24.1 Å². The van der Waals surface area contributed by atoms with E-state index in [2.05, 4.69) is 0 Å². The molecule has 1 atom stereocenters. The molecule has 7 rings (SSSR count). The zero-order chi connectivity index (χ0) is 52.0. The van der Waals surface area contributed by atoms with Crippen LogP contribution in [0.4, 0.5) is 30.2 Å². The topological polar surface area (TPSA) is 159 Å². The van der Waals surface area contributed by atoms with Gasteiger partial charge in [-0.05, 0) is 83.0 Å². The second-order valence-corrected chi connectivity index (χ2v) is 21.6. The van der Waals surface area contributed by atoms with Gasteiger partial charge in [0.2, 0.25) is 0 Å². The molecule has 4 aliphatic rings. The van der Waals surface area contributed by atoms with Gasteiger partial charge < -0.3 is 30.0 Å². The molecule has 12 nitrogen and oxygen atoms in total. The summed E-state index contributed by atoms with van der Waals surface area (Å²) in [4.78, 5) is 69.7. The molecule has 1 saturated heterocycles. The Kier molecular flexibility index (Phi) is 14.9. The van der Waals surface area contributed by atoms with Crippen LogP contribution in [0.25, 0.3) is 0 Å². The average Bonchev–Trinajstić information content (AvgIpc) is 3.85. The number of aliphatic carboxylic acids is 3. The number of para-hydroxylation sites is 1. The number of alkyl halides is 3. The van der Waals surface area contributed by atoms with Crippen molar-refractivity contribution in [2.45, 2.75) is 95.7 Å². The fourth-order valence-electron chi connectivity index (χ4n) is 10.0. The molecule has 18 heteroatoms. The summed E-state index contributed by atoms with van der Waals surface area (Å²) in [5, 5.41) is 28.9. The van der Waals surface area contributed by atoms with Crippen molar-refractivity contribution < 1.29 is 52.5 Å². The predicted octanol–water partition coefficient (Wildman–Crippen LogP) is 10.5. The summed E-state index contributed by atoms with van der Waals surface area (Å²) in [6.07, 6.45) is 5.19. The smallest absolute Gasteiger partial charge is 0.416 e. The Labute approximate surface area is 424 Å². The van der Waals surface area contributed by atoms with Crippen LogP contribution in [0.2, 0.25) is 0 Å². The van der Waals surface area contributed by atoms with Crippen LogP contribution in [0, 0.1) is 0 Å². The van der Waals surface area contributed by atoms with E-state index in [4.69, 9.17) is 23.8 Å². The Morgan fingerprint density at radius 1 is 0.732 bits per heavy atom. The van der Waals surface area contributed by atoms with Crippen LogP contribution in [0.1, 0.15) is 88.6 Å². The Hall–Kier alpha value is -6.17. The van der Waals surface area contributed by atoms with Crippen molar-refractivity contribution in [2.75, 3.05) is 40.9 Å². The molecule has 3 N–H and O–H groups in total. The maximum absolute atomic E-state index is 13.8. The first kappa shape index (κ1) is 52.6. The van der Waals surface area contributed by atoms with Crippen LogP contribution in [0.5, 0.6) is 0 Å². The standard InChI is InChI=1S/C53H54ClF3N4O8S2/c1-50(2)35-9-7-8-10-38(35)58(24-21-45(63)64)44(50)20-17-41-48(69)61(49(70)71-41)30-34(62)27-31-11-15-39-36(28-31)51(3,4)42(59(39)25-22-46(65)66)18-13-33(54)14-19-43-52(5,6)37-29-32(53(55,56)57)12-16-40(37)60(43)26-23-47(67)68/h7-20,28-29,42H,21-27,30H2,1-6H3,(H,63,64)(H,65,66)(H,67,68)/b18-13+,33-14-,41-17+,43-19+,44-20-. The van der Waals surface area contributed by atoms with E-state index >= 15 is 0 Å². The maximum Gasteiger partial charge on any atom is 0.416 e. The third-order valence-electron chi connectivity index (χ3n) is 13.7. The zero-order valence-electron chi connectivity index (χ0n) is 40.0. The fraction of sp³-hybridized carbons (Fsp3) is 0.358. The summed E-state index contributed by atoms with van der Waals surface area (Å²) in [5.74, 6) is -3.65. The maximum atomic E-state index is 13.8. The van der Waals surface area contributed by atoms with Crippen LogP contribution in [-0.4, -0.2) is 86.4 Å². The minimum Gasteiger partial charge on any atom is -0.481 e. The molecule has 0 aliphatic carbocycles. The van der Waals surface area contributed by atoms with Crippen molar-refractivity contribution in [1.29, 1.82) is 0 Å². The highest BCUT2D eigenvalue weighted by Gasteiger charge is 2.45. The molecule has 1 unspecified atom stereocenters. The number of amides is 1. The van der Waals surface area contributed by atoms with Crippen LogP contribution >= 0.6 is 35.6 Å².